The lowest BCUT2D eigenvalue weighted by Crippen LogP contribution is -2.16. The van der Waals surface area contributed by atoms with Crippen LogP contribution < -0.4 is 0 Å². The molecule has 1 atom stereocenters. The normalized spacial score (nSPS) is 12.3. The van der Waals surface area contributed by atoms with E-state index in [4.69, 9.17) is 16.7 Å². The highest BCUT2D eigenvalue weighted by molar-refractivity contribution is 6.31. The van der Waals surface area contributed by atoms with Crippen molar-refractivity contribution in [3.8, 4) is 11.4 Å². The summed E-state index contributed by atoms with van der Waals surface area (Å²) in [5.74, 6) is -1.43. The summed E-state index contributed by atoms with van der Waals surface area (Å²) in [7, 11) is 0. The summed E-state index contributed by atoms with van der Waals surface area (Å²) in [5, 5.41) is 19.9. The first-order valence-corrected chi connectivity index (χ1v) is 6.36. The number of carboxylic acid groups (broad SMARTS) is 1. The number of aliphatic carboxylic acids is 1. The molecule has 0 aliphatic carbocycles. The first-order valence-electron chi connectivity index (χ1n) is 5.98. The molecular formula is C12H12ClFN4O2. The number of halogens is 2. The molecule has 0 bridgehead atoms. The lowest BCUT2D eigenvalue weighted by molar-refractivity contribution is -0.138. The van der Waals surface area contributed by atoms with Gasteiger partial charge in [-0.05, 0) is 29.0 Å². The molecule has 1 aromatic heterocycles. The molecule has 0 fully saturated rings. The van der Waals surface area contributed by atoms with Crippen LogP contribution >= 0.6 is 11.6 Å². The van der Waals surface area contributed by atoms with Gasteiger partial charge in [-0.25, -0.2) is 9.07 Å². The van der Waals surface area contributed by atoms with Gasteiger partial charge in [0.15, 0.2) is 11.6 Å². The van der Waals surface area contributed by atoms with Gasteiger partial charge in [-0.1, -0.05) is 24.6 Å². The van der Waals surface area contributed by atoms with E-state index in [1.165, 1.54) is 16.8 Å². The molecule has 0 saturated carbocycles. The van der Waals surface area contributed by atoms with Crippen molar-refractivity contribution in [3.05, 3.63) is 29.0 Å². The van der Waals surface area contributed by atoms with Crippen molar-refractivity contribution in [1.29, 1.82) is 0 Å². The quantitative estimate of drug-likeness (QED) is 0.917. The minimum Gasteiger partial charge on any atom is -0.481 e. The van der Waals surface area contributed by atoms with Crippen molar-refractivity contribution < 1.29 is 14.3 Å². The molecule has 1 heterocycles. The number of carbonyl (C=O) groups is 1. The van der Waals surface area contributed by atoms with E-state index in [0.29, 0.717) is 6.42 Å². The summed E-state index contributed by atoms with van der Waals surface area (Å²) in [6.07, 6.45) is 0.364. The Balaban J connectivity index is 2.47. The van der Waals surface area contributed by atoms with E-state index in [2.05, 4.69) is 15.5 Å². The second-order valence-electron chi connectivity index (χ2n) is 4.21. The number of carboxylic acids is 1. The lowest BCUT2D eigenvalue weighted by Gasteiger charge is -2.14. The maximum absolute atomic E-state index is 14.0. The zero-order chi connectivity index (χ0) is 14.7. The molecule has 20 heavy (non-hydrogen) atoms. The van der Waals surface area contributed by atoms with E-state index < -0.39 is 17.8 Å². The largest absolute Gasteiger partial charge is 0.481 e. The van der Waals surface area contributed by atoms with Gasteiger partial charge in [0.05, 0.1) is 23.0 Å². The van der Waals surface area contributed by atoms with Gasteiger partial charge in [-0.15, -0.1) is 5.10 Å². The molecule has 1 unspecified atom stereocenters. The van der Waals surface area contributed by atoms with Gasteiger partial charge in [0.1, 0.15) is 0 Å². The molecular weight excluding hydrogens is 287 g/mol. The molecule has 0 amide bonds. The molecule has 0 radical (unpaired) electrons. The highest BCUT2D eigenvalue weighted by Crippen LogP contribution is 2.28. The Bertz CT molecular complexity index is 632. The second kappa shape index (κ2) is 5.96. The fourth-order valence-electron chi connectivity index (χ4n) is 1.90. The Labute approximate surface area is 119 Å². The summed E-state index contributed by atoms with van der Waals surface area (Å²) >= 11 is 5.73. The van der Waals surface area contributed by atoms with Crippen LogP contribution in [0.5, 0.6) is 0 Å². The van der Waals surface area contributed by atoms with Gasteiger partial charge in [-0.2, -0.15) is 0 Å². The Kier molecular flexibility index (Phi) is 4.29. The Morgan fingerprint density at radius 2 is 2.30 bits per heavy atom. The molecule has 0 aliphatic heterocycles. The van der Waals surface area contributed by atoms with Gasteiger partial charge in [0.2, 0.25) is 0 Å². The van der Waals surface area contributed by atoms with Crippen LogP contribution in [-0.2, 0) is 4.79 Å². The zero-order valence-corrected chi connectivity index (χ0v) is 11.4. The van der Waals surface area contributed by atoms with Crippen molar-refractivity contribution in [3.63, 3.8) is 0 Å². The Hall–Kier alpha value is -2.02. The minimum absolute atomic E-state index is 0.0386. The first kappa shape index (κ1) is 14.4. The van der Waals surface area contributed by atoms with E-state index in [-0.39, 0.29) is 22.8 Å². The number of nitrogens with zero attached hydrogens (tertiary/aromatic N) is 4. The number of tetrazole rings is 1. The van der Waals surface area contributed by atoms with Crippen LogP contribution in [0.4, 0.5) is 4.39 Å². The third-order valence-corrected chi connectivity index (χ3v) is 3.20. The first-order chi connectivity index (χ1) is 9.54. The monoisotopic (exact) mass is 298 g/mol. The number of hydrogen-bond acceptors (Lipinski definition) is 4. The van der Waals surface area contributed by atoms with Crippen LogP contribution in [0.25, 0.3) is 11.4 Å². The molecule has 0 aliphatic rings. The van der Waals surface area contributed by atoms with Crippen LogP contribution in [-0.4, -0.2) is 31.3 Å². The van der Waals surface area contributed by atoms with Crippen LogP contribution in [0, 0.1) is 5.82 Å². The lowest BCUT2D eigenvalue weighted by atomic mass is 10.1. The molecule has 2 rings (SSSR count). The zero-order valence-electron chi connectivity index (χ0n) is 10.6. The van der Waals surface area contributed by atoms with Gasteiger partial charge >= 0.3 is 5.97 Å². The highest BCUT2D eigenvalue weighted by Gasteiger charge is 2.22. The van der Waals surface area contributed by atoms with E-state index >= 15 is 0 Å². The number of rotatable bonds is 5. The van der Waals surface area contributed by atoms with Gasteiger partial charge < -0.3 is 5.11 Å². The van der Waals surface area contributed by atoms with E-state index in [0.717, 1.165) is 0 Å². The van der Waals surface area contributed by atoms with Gasteiger partial charge in [0, 0.05) is 0 Å². The Morgan fingerprint density at radius 1 is 1.55 bits per heavy atom. The molecule has 1 aromatic carbocycles. The van der Waals surface area contributed by atoms with Crippen molar-refractivity contribution in [2.75, 3.05) is 0 Å². The third kappa shape index (κ3) is 2.77. The van der Waals surface area contributed by atoms with Crippen LogP contribution in [0.3, 0.4) is 0 Å². The number of aromatic nitrogens is 4. The van der Waals surface area contributed by atoms with Crippen molar-refractivity contribution in [1.82, 2.24) is 20.2 Å². The predicted molar refractivity (Wildman–Crippen MR) is 69.8 cm³/mol. The summed E-state index contributed by atoms with van der Waals surface area (Å²) in [6.45, 7) is 1.81. The molecule has 6 nitrogen and oxygen atoms in total. The molecule has 1 N–H and O–H groups in total. The maximum Gasteiger partial charge on any atom is 0.305 e. The van der Waals surface area contributed by atoms with E-state index in [1.54, 1.807) is 6.07 Å². The molecule has 106 valence electrons. The van der Waals surface area contributed by atoms with Crippen LogP contribution in [0.1, 0.15) is 25.8 Å². The van der Waals surface area contributed by atoms with Gasteiger partial charge in [-0.3, -0.25) is 4.79 Å². The standard InChI is InChI=1S/C12H12ClFN4O2/c1-2-7(6-10(19)20)18-12(15-16-17-18)8-4-3-5-9(13)11(8)14/h3-5,7H,2,6H2,1H3,(H,19,20). The van der Waals surface area contributed by atoms with Crippen molar-refractivity contribution in [2.24, 2.45) is 0 Å². The number of benzene rings is 1. The van der Waals surface area contributed by atoms with Crippen LogP contribution in [0.15, 0.2) is 18.2 Å². The predicted octanol–water partition coefficient (Wildman–Crippen LogP) is 2.56. The minimum atomic E-state index is -0.968. The summed E-state index contributed by atoms with van der Waals surface area (Å²) in [4.78, 5) is 10.9. The highest BCUT2D eigenvalue weighted by atomic mass is 35.5. The summed E-state index contributed by atoms with van der Waals surface area (Å²) < 4.78 is 15.3. The molecule has 0 saturated heterocycles. The average molecular weight is 299 g/mol. The third-order valence-electron chi connectivity index (χ3n) is 2.91. The number of hydrogen-bond donors (Lipinski definition) is 1. The fraction of sp³-hybridized carbons (Fsp3) is 0.333. The van der Waals surface area contributed by atoms with E-state index in [1.807, 2.05) is 6.92 Å². The van der Waals surface area contributed by atoms with E-state index in [9.17, 15) is 9.18 Å². The fourth-order valence-corrected chi connectivity index (χ4v) is 2.07. The summed E-state index contributed by atoms with van der Waals surface area (Å²) in [6, 6.07) is 4.05. The van der Waals surface area contributed by atoms with Crippen molar-refractivity contribution >= 4 is 17.6 Å². The van der Waals surface area contributed by atoms with Gasteiger partial charge in [0.25, 0.3) is 0 Å². The topological polar surface area (TPSA) is 80.9 Å². The molecule has 8 heteroatoms. The maximum atomic E-state index is 14.0. The van der Waals surface area contributed by atoms with Crippen molar-refractivity contribution in [2.45, 2.75) is 25.8 Å². The summed E-state index contributed by atoms with van der Waals surface area (Å²) in [5.41, 5.74) is 0.145. The average Bonchev–Trinajstić information content (AvgIpc) is 2.88. The van der Waals surface area contributed by atoms with Crippen LogP contribution in [0.2, 0.25) is 5.02 Å². The Morgan fingerprint density at radius 3 is 2.95 bits per heavy atom. The molecule has 2 aromatic rings. The SMILES string of the molecule is CCC(CC(=O)O)n1nnnc1-c1cccc(Cl)c1F. The molecule has 0 spiro atoms. The smallest absolute Gasteiger partial charge is 0.305 e. The second-order valence-corrected chi connectivity index (χ2v) is 4.62.